The highest BCUT2D eigenvalue weighted by molar-refractivity contribution is 6.08. The molecule has 0 aliphatic heterocycles. The van der Waals surface area contributed by atoms with Crippen LogP contribution in [0.4, 0.5) is 0 Å². The maximum Gasteiger partial charge on any atom is 0.293 e. The number of para-hydroxylation sites is 1. The van der Waals surface area contributed by atoms with E-state index in [2.05, 4.69) is 5.32 Å². The summed E-state index contributed by atoms with van der Waals surface area (Å²) in [5, 5.41) is 13.6. The van der Waals surface area contributed by atoms with Crippen LogP contribution < -0.4 is 15.6 Å². The lowest BCUT2D eigenvalue weighted by Gasteiger charge is -2.13. The van der Waals surface area contributed by atoms with E-state index in [0.29, 0.717) is 30.5 Å². The molecule has 0 fully saturated rings. The number of rotatable bonds is 7. The first-order valence-electron chi connectivity index (χ1n) is 10.4. The summed E-state index contributed by atoms with van der Waals surface area (Å²) in [5.74, 6) is -0.270. The number of amides is 1. The lowest BCUT2D eigenvalue weighted by atomic mass is 10.1. The highest BCUT2D eigenvalue weighted by atomic mass is 16.5. The Kier molecular flexibility index (Phi) is 6.22. The molecule has 0 unspecified atom stereocenters. The van der Waals surface area contributed by atoms with Gasteiger partial charge in [0.1, 0.15) is 5.75 Å². The van der Waals surface area contributed by atoms with Crippen molar-refractivity contribution < 1.29 is 14.6 Å². The van der Waals surface area contributed by atoms with E-state index in [9.17, 15) is 14.7 Å². The lowest BCUT2D eigenvalue weighted by Crippen LogP contribution is -2.28. The minimum atomic E-state index is -0.601. The van der Waals surface area contributed by atoms with Crippen LogP contribution in [0.3, 0.4) is 0 Å². The van der Waals surface area contributed by atoms with Crippen molar-refractivity contribution in [3.05, 3.63) is 94.8 Å². The molecule has 6 heteroatoms. The van der Waals surface area contributed by atoms with Gasteiger partial charge in [-0.1, -0.05) is 60.7 Å². The maximum absolute atomic E-state index is 12.7. The van der Waals surface area contributed by atoms with Gasteiger partial charge in [-0.05, 0) is 35.7 Å². The van der Waals surface area contributed by atoms with Gasteiger partial charge in [0.15, 0.2) is 5.75 Å². The number of fused-ring (bicyclic) bond motifs is 1. The summed E-state index contributed by atoms with van der Waals surface area (Å²) in [6.07, 6.45) is 0.574. The van der Waals surface area contributed by atoms with Crippen LogP contribution in [0, 0.1) is 0 Å². The van der Waals surface area contributed by atoms with Gasteiger partial charge < -0.3 is 19.7 Å². The van der Waals surface area contributed by atoms with E-state index >= 15 is 0 Å². The van der Waals surface area contributed by atoms with Crippen LogP contribution in [-0.4, -0.2) is 28.7 Å². The van der Waals surface area contributed by atoms with E-state index in [1.807, 2.05) is 54.6 Å². The molecule has 1 heterocycles. The average molecular weight is 428 g/mol. The number of hydrogen-bond donors (Lipinski definition) is 2. The Morgan fingerprint density at radius 1 is 0.969 bits per heavy atom. The van der Waals surface area contributed by atoms with Crippen LogP contribution in [0.25, 0.3) is 22.0 Å². The highest BCUT2D eigenvalue weighted by Crippen LogP contribution is 2.24. The van der Waals surface area contributed by atoms with Gasteiger partial charge in [-0.2, -0.15) is 0 Å². The van der Waals surface area contributed by atoms with Crippen molar-refractivity contribution in [1.82, 2.24) is 9.88 Å². The summed E-state index contributed by atoms with van der Waals surface area (Å²) in [5.41, 5.74) is 2.17. The molecule has 162 valence electrons. The molecule has 6 nitrogen and oxygen atoms in total. The molecule has 4 aromatic rings. The number of aromatic nitrogens is 1. The summed E-state index contributed by atoms with van der Waals surface area (Å²) in [4.78, 5) is 25.0. The summed E-state index contributed by atoms with van der Waals surface area (Å²) in [6, 6.07) is 24.9. The van der Waals surface area contributed by atoms with Crippen molar-refractivity contribution in [3.63, 3.8) is 0 Å². The third kappa shape index (κ3) is 4.34. The van der Waals surface area contributed by atoms with Crippen molar-refractivity contribution >= 4 is 16.8 Å². The van der Waals surface area contributed by atoms with Crippen molar-refractivity contribution in [2.24, 2.45) is 7.05 Å². The molecule has 0 spiro atoms. The number of benzene rings is 3. The second kappa shape index (κ2) is 9.39. The van der Waals surface area contributed by atoms with E-state index in [0.717, 1.165) is 16.9 Å². The third-order valence-corrected chi connectivity index (χ3v) is 5.32. The molecule has 1 amide bonds. The molecule has 2 N–H and O–H groups in total. The Balaban J connectivity index is 1.36. The zero-order valence-electron chi connectivity index (χ0n) is 17.7. The fourth-order valence-electron chi connectivity index (χ4n) is 3.66. The van der Waals surface area contributed by atoms with Gasteiger partial charge in [0, 0.05) is 19.0 Å². The quantitative estimate of drug-likeness (QED) is 0.434. The number of ether oxygens (including phenoxy) is 1. The van der Waals surface area contributed by atoms with Crippen LogP contribution in [0.1, 0.15) is 16.8 Å². The predicted octanol–water partition coefficient (Wildman–Crippen LogP) is 4.11. The Morgan fingerprint density at radius 3 is 2.50 bits per heavy atom. The predicted molar refractivity (Wildman–Crippen MR) is 125 cm³/mol. The SMILES string of the molecule is Cn1c(=O)c(O)c(C(=O)NCCCOc2cccc(-c3ccccc3)c2)c2ccccc21. The molecule has 0 radical (unpaired) electrons. The summed E-state index contributed by atoms with van der Waals surface area (Å²) >= 11 is 0. The van der Waals surface area contributed by atoms with E-state index < -0.39 is 17.2 Å². The number of carbonyl (C=O) groups is 1. The fourth-order valence-corrected chi connectivity index (χ4v) is 3.66. The maximum atomic E-state index is 12.7. The normalized spacial score (nSPS) is 10.8. The van der Waals surface area contributed by atoms with Crippen LogP contribution in [0.15, 0.2) is 83.7 Å². The molecule has 0 aliphatic carbocycles. The summed E-state index contributed by atoms with van der Waals surface area (Å²) in [7, 11) is 1.57. The highest BCUT2D eigenvalue weighted by Gasteiger charge is 2.20. The zero-order valence-corrected chi connectivity index (χ0v) is 17.7. The summed E-state index contributed by atoms with van der Waals surface area (Å²) < 4.78 is 7.16. The van der Waals surface area contributed by atoms with Gasteiger partial charge >= 0.3 is 0 Å². The van der Waals surface area contributed by atoms with Gasteiger partial charge in [-0.25, -0.2) is 0 Å². The molecule has 0 atom stereocenters. The number of nitrogens with zero attached hydrogens (tertiary/aromatic N) is 1. The smallest absolute Gasteiger partial charge is 0.293 e. The number of nitrogens with one attached hydrogen (secondary N) is 1. The number of carbonyl (C=O) groups excluding carboxylic acids is 1. The van der Waals surface area contributed by atoms with Crippen LogP contribution in [0.5, 0.6) is 11.5 Å². The number of aryl methyl sites for hydroxylation is 1. The first-order chi connectivity index (χ1) is 15.6. The first kappa shape index (κ1) is 21.2. The van der Waals surface area contributed by atoms with E-state index in [4.69, 9.17) is 4.74 Å². The van der Waals surface area contributed by atoms with Crippen molar-refractivity contribution in [3.8, 4) is 22.6 Å². The van der Waals surface area contributed by atoms with Gasteiger partial charge in [0.2, 0.25) is 0 Å². The Hall–Kier alpha value is -4.06. The zero-order chi connectivity index (χ0) is 22.5. The summed E-state index contributed by atoms with van der Waals surface area (Å²) in [6.45, 7) is 0.766. The van der Waals surface area contributed by atoms with Gasteiger partial charge in [-0.15, -0.1) is 0 Å². The second-order valence-electron chi connectivity index (χ2n) is 7.46. The number of pyridine rings is 1. The Bertz CT molecular complexity index is 1310. The number of hydrogen-bond acceptors (Lipinski definition) is 4. The van der Waals surface area contributed by atoms with Gasteiger partial charge in [0.25, 0.3) is 11.5 Å². The molecule has 0 aliphatic rings. The van der Waals surface area contributed by atoms with Gasteiger partial charge in [-0.3, -0.25) is 9.59 Å². The average Bonchev–Trinajstić information content (AvgIpc) is 2.83. The monoisotopic (exact) mass is 428 g/mol. The standard InChI is InChI=1S/C26H24N2O4/c1-28-22-14-6-5-13-21(22)23(24(29)26(28)31)25(30)27-15-8-16-32-20-12-7-11-19(17-20)18-9-3-2-4-10-18/h2-7,9-14,17,29H,8,15-16H2,1H3,(H,27,30). The van der Waals surface area contributed by atoms with Crippen LogP contribution in [0.2, 0.25) is 0 Å². The van der Waals surface area contributed by atoms with Crippen LogP contribution in [-0.2, 0) is 7.05 Å². The van der Waals surface area contributed by atoms with Crippen molar-refractivity contribution in [2.45, 2.75) is 6.42 Å². The van der Waals surface area contributed by atoms with Gasteiger partial charge in [0.05, 0.1) is 17.7 Å². The molecule has 1 aromatic heterocycles. The second-order valence-corrected chi connectivity index (χ2v) is 7.46. The molecule has 0 saturated carbocycles. The van der Waals surface area contributed by atoms with Crippen molar-refractivity contribution in [1.29, 1.82) is 0 Å². The number of aromatic hydroxyl groups is 1. The van der Waals surface area contributed by atoms with E-state index in [1.54, 1.807) is 31.3 Å². The topological polar surface area (TPSA) is 80.6 Å². The molecule has 32 heavy (non-hydrogen) atoms. The van der Waals surface area contributed by atoms with Crippen molar-refractivity contribution in [2.75, 3.05) is 13.2 Å². The molecule has 3 aromatic carbocycles. The molecular formula is C26H24N2O4. The lowest BCUT2D eigenvalue weighted by molar-refractivity contribution is 0.0950. The van der Waals surface area contributed by atoms with E-state index in [-0.39, 0.29) is 5.56 Å². The molecule has 4 rings (SSSR count). The molecule has 0 saturated heterocycles. The third-order valence-electron chi connectivity index (χ3n) is 5.32. The minimum absolute atomic E-state index is 0.000167. The minimum Gasteiger partial charge on any atom is -0.502 e. The van der Waals surface area contributed by atoms with E-state index in [1.165, 1.54) is 4.57 Å². The largest absolute Gasteiger partial charge is 0.502 e. The van der Waals surface area contributed by atoms with Crippen LogP contribution >= 0.6 is 0 Å². The molecule has 0 bridgehead atoms. The first-order valence-corrected chi connectivity index (χ1v) is 10.4. The Labute approximate surface area is 185 Å². The molecular weight excluding hydrogens is 404 g/mol. The Morgan fingerprint density at radius 2 is 1.69 bits per heavy atom. The fraction of sp³-hybridized carbons (Fsp3) is 0.154.